The molecule has 3 aliphatic rings. The third kappa shape index (κ3) is 2.92. The van der Waals surface area contributed by atoms with Gasteiger partial charge in [0.05, 0.1) is 25.5 Å². The molecular formula is C25H27N3O3. The number of Topliss-reactive ketones (excluding diaryl/α,β-unsaturated/α-hetero) is 1. The van der Waals surface area contributed by atoms with Gasteiger partial charge in [0.2, 0.25) is 0 Å². The number of anilines is 2. The van der Waals surface area contributed by atoms with Crippen LogP contribution in [0, 0.1) is 0 Å². The molecule has 5 rings (SSSR count). The average molecular weight is 418 g/mol. The summed E-state index contributed by atoms with van der Waals surface area (Å²) in [5.41, 5.74) is 4.19. The highest BCUT2D eigenvalue weighted by Crippen LogP contribution is 2.49. The standard InChI is InChI=1S/C25H27N3O3/c1-26-24-22(21-12-16-8-4-5-9-20(16)27-21)23(29)25(10-6-7-11-25)28(24)17-13-18(30-2)15-19(14-17)31-3/h4-5,8-9,13-15,27H,6-7,10-12H2,1-3H3. The van der Waals surface area contributed by atoms with Crippen LogP contribution in [0.5, 0.6) is 11.5 Å². The number of ether oxygens (including phenoxy) is 2. The van der Waals surface area contributed by atoms with Crippen LogP contribution in [0.1, 0.15) is 31.2 Å². The van der Waals surface area contributed by atoms with Gasteiger partial charge < -0.3 is 19.7 Å². The number of para-hydroxylation sites is 1. The van der Waals surface area contributed by atoms with Gasteiger partial charge in [-0.3, -0.25) is 9.79 Å². The van der Waals surface area contributed by atoms with Crippen LogP contribution < -0.4 is 19.7 Å². The van der Waals surface area contributed by atoms with Crippen molar-refractivity contribution in [2.75, 3.05) is 31.5 Å². The molecule has 1 aliphatic carbocycles. The first-order valence-electron chi connectivity index (χ1n) is 10.7. The predicted molar refractivity (Wildman–Crippen MR) is 122 cm³/mol. The number of nitrogens with one attached hydrogen (secondary N) is 1. The Morgan fingerprint density at radius 3 is 2.32 bits per heavy atom. The average Bonchev–Trinajstić information content (AvgIpc) is 3.50. The number of methoxy groups -OCH3 is 2. The maximum atomic E-state index is 14.0. The lowest BCUT2D eigenvalue weighted by Gasteiger charge is -2.34. The van der Waals surface area contributed by atoms with E-state index >= 15 is 0 Å². The first kappa shape index (κ1) is 19.7. The second-order valence-corrected chi connectivity index (χ2v) is 8.33. The number of carbonyl (C=O) groups excluding carboxylic acids is 1. The molecular weight excluding hydrogens is 390 g/mol. The van der Waals surface area contributed by atoms with Gasteiger partial charge in [0, 0.05) is 43.1 Å². The van der Waals surface area contributed by atoms with Gasteiger partial charge >= 0.3 is 0 Å². The van der Waals surface area contributed by atoms with Crippen LogP contribution in [0.2, 0.25) is 0 Å². The lowest BCUT2D eigenvalue weighted by Crippen LogP contribution is -2.47. The van der Waals surface area contributed by atoms with E-state index in [0.29, 0.717) is 23.5 Å². The Balaban J connectivity index is 1.69. The smallest absolute Gasteiger partial charge is 0.194 e. The number of carbonyl (C=O) groups is 1. The van der Waals surface area contributed by atoms with Gasteiger partial charge in [-0.15, -0.1) is 0 Å². The predicted octanol–water partition coefficient (Wildman–Crippen LogP) is 4.36. The maximum Gasteiger partial charge on any atom is 0.194 e. The molecule has 1 spiro atoms. The van der Waals surface area contributed by atoms with E-state index in [-0.39, 0.29) is 5.78 Å². The van der Waals surface area contributed by atoms with Crippen molar-refractivity contribution in [2.24, 2.45) is 4.99 Å². The van der Waals surface area contributed by atoms with Crippen molar-refractivity contribution in [1.29, 1.82) is 0 Å². The molecule has 2 heterocycles. The summed E-state index contributed by atoms with van der Waals surface area (Å²) in [6, 6.07) is 14.0. The van der Waals surface area contributed by atoms with E-state index < -0.39 is 5.54 Å². The Kier molecular flexibility index (Phi) is 4.73. The minimum atomic E-state index is -0.606. The van der Waals surface area contributed by atoms with Crippen LogP contribution in [0.25, 0.3) is 0 Å². The summed E-state index contributed by atoms with van der Waals surface area (Å²) in [7, 11) is 5.05. The number of fused-ring (bicyclic) bond motifs is 1. The van der Waals surface area contributed by atoms with E-state index in [1.54, 1.807) is 21.3 Å². The fourth-order valence-electron chi connectivity index (χ4n) is 5.28. The molecule has 0 aromatic heterocycles. The number of rotatable bonds is 3. The summed E-state index contributed by atoms with van der Waals surface area (Å²) in [6.45, 7) is 0. The number of ketones is 1. The summed E-state index contributed by atoms with van der Waals surface area (Å²) >= 11 is 0. The number of aliphatic imine (C=N–C) groups is 1. The second kappa shape index (κ2) is 7.45. The van der Waals surface area contributed by atoms with E-state index in [0.717, 1.165) is 48.6 Å². The Bertz CT molecular complexity index is 1060. The van der Waals surface area contributed by atoms with E-state index in [4.69, 9.17) is 9.47 Å². The molecule has 1 saturated heterocycles. The van der Waals surface area contributed by atoms with Crippen molar-refractivity contribution < 1.29 is 14.3 Å². The summed E-state index contributed by atoms with van der Waals surface area (Å²) in [6.07, 6.45) is 4.39. The normalized spacial score (nSPS) is 22.9. The van der Waals surface area contributed by atoms with Gasteiger partial charge in [-0.05, 0) is 24.5 Å². The molecule has 0 unspecified atom stereocenters. The highest BCUT2D eigenvalue weighted by molar-refractivity contribution is 6.38. The van der Waals surface area contributed by atoms with Crippen LogP contribution in [0.4, 0.5) is 11.4 Å². The monoisotopic (exact) mass is 417 g/mol. The first-order valence-corrected chi connectivity index (χ1v) is 10.7. The van der Waals surface area contributed by atoms with E-state index in [1.807, 2.05) is 30.3 Å². The third-order valence-corrected chi connectivity index (χ3v) is 6.72. The molecule has 2 aliphatic heterocycles. The summed E-state index contributed by atoms with van der Waals surface area (Å²) < 4.78 is 11.0. The van der Waals surface area contributed by atoms with Crippen molar-refractivity contribution in [3.63, 3.8) is 0 Å². The topological polar surface area (TPSA) is 63.2 Å². The number of benzene rings is 2. The lowest BCUT2D eigenvalue weighted by molar-refractivity contribution is -0.118. The van der Waals surface area contributed by atoms with Gasteiger partial charge in [-0.1, -0.05) is 31.0 Å². The summed E-state index contributed by atoms with van der Waals surface area (Å²) in [4.78, 5) is 20.8. The number of hydrogen-bond acceptors (Lipinski definition) is 5. The van der Waals surface area contributed by atoms with Gasteiger partial charge in [0.1, 0.15) is 22.9 Å². The van der Waals surface area contributed by atoms with Gasteiger partial charge in [-0.2, -0.15) is 0 Å². The van der Waals surface area contributed by atoms with Crippen molar-refractivity contribution in [3.05, 3.63) is 59.3 Å². The maximum absolute atomic E-state index is 14.0. The fraction of sp³-hybridized carbons (Fsp3) is 0.360. The first-order chi connectivity index (χ1) is 15.1. The Labute approximate surface area is 182 Å². The largest absolute Gasteiger partial charge is 0.497 e. The fourth-order valence-corrected chi connectivity index (χ4v) is 5.28. The summed E-state index contributed by atoms with van der Waals surface area (Å²) in [5.74, 6) is 2.27. The molecule has 6 nitrogen and oxygen atoms in total. The molecule has 0 bridgehead atoms. The zero-order chi connectivity index (χ0) is 21.6. The zero-order valence-corrected chi connectivity index (χ0v) is 18.2. The second-order valence-electron chi connectivity index (χ2n) is 8.33. The van der Waals surface area contributed by atoms with Crippen molar-refractivity contribution >= 4 is 23.0 Å². The molecule has 6 heteroatoms. The molecule has 0 atom stereocenters. The minimum absolute atomic E-state index is 0.169. The van der Waals surface area contributed by atoms with Gasteiger partial charge in [0.15, 0.2) is 5.78 Å². The quantitative estimate of drug-likeness (QED) is 0.752. The van der Waals surface area contributed by atoms with Crippen LogP contribution in [-0.4, -0.2) is 38.4 Å². The van der Waals surface area contributed by atoms with Crippen molar-refractivity contribution in [3.8, 4) is 11.5 Å². The van der Waals surface area contributed by atoms with E-state index in [9.17, 15) is 4.79 Å². The van der Waals surface area contributed by atoms with E-state index in [1.165, 1.54) is 5.56 Å². The summed E-state index contributed by atoms with van der Waals surface area (Å²) in [5, 5.41) is 3.50. The molecule has 31 heavy (non-hydrogen) atoms. The number of nitrogens with zero attached hydrogens (tertiary/aromatic N) is 2. The number of allylic oxidation sites excluding steroid dienone is 1. The Hall–Kier alpha value is -3.28. The van der Waals surface area contributed by atoms with Crippen molar-refractivity contribution in [2.45, 2.75) is 37.6 Å². The number of amidine groups is 1. The molecule has 2 aromatic rings. The van der Waals surface area contributed by atoms with Crippen LogP contribution >= 0.6 is 0 Å². The van der Waals surface area contributed by atoms with Gasteiger partial charge in [-0.25, -0.2) is 0 Å². The molecule has 0 radical (unpaired) electrons. The van der Waals surface area contributed by atoms with Crippen LogP contribution in [0.3, 0.4) is 0 Å². The van der Waals surface area contributed by atoms with E-state index in [2.05, 4.69) is 27.3 Å². The SMILES string of the molecule is CN=C1C(=C2Cc3ccccc3N2)C(=O)C2(CCCC2)N1c1cc(OC)cc(OC)c1. The molecule has 160 valence electrons. The molecule has 2 aromatic carbocycles. The van der Waals surface area contributed by atoms with Crippen LogP contribution in [-0.2, 0) is 11.2 Å². The highest BCUT2D eigenvalue weighted by Gasteiger charge is 2.57. The Morgan fingerprint density at radius 2 is 1.71 bits per heavy atom. The molecule has 1 N–H and O–H groups in total. The van der Waals surface area contributed by atoms with Gasteiger partial charge in [0.25, 0.3) is 0 Å². The Morgan fingerprint density at radius 1 is 1.03 bits per heavy atom. The minimum Gasteiger partial charge on any atom is -0.497 e. The zero-order valence-electron chi connectivity index (χ0n) is 18.2. The molecule has 2 fully saturated rings. The third-order valence-electron chi connectivity index (χ3n) is 6.72. The lowest BCUT2D eigenvalue weighted by atomic mass is 9.90. The number of hydrogen-bond donors (Lipinski definition) is 1. The van der Waals surface area contributed by atoms with Crippen LogP contribution in [0.15, 0.2) is 58.7 Å². The molecule has 0 amide bonds. The molecule has 1 saturated carbocycles. The van der Waals surface area contributed by atoms with Crippen molar-refractivity contribution in [1.82, 2.24) is 0 Å². The highest BCUT2D eigenvalue weighted by atomic mass is 16.5.